The van der Waals surface area contributed by atoms with Crippen LogP contribution in [0.15, 0.2) is 18.2 Å². The second-order valence-corrected chi connectivity index (χ2v) is 5.01. The molecule has 0 aromatic heterocycles. The van der Waals surface area contributed by atoms with Crippen LogP contribution in [0.25, 0.3) is 0 Å². The van der Waals surface area contributed by atoms with Gasteiger partial charge in [0.15, 0.2) is 11.6 Å². The van der Waals surface area contributed by atoms with Gasteiger partial charge in [0.1, 0.15) is 0 Å². The number of likely N-dealkylation sites (N-methyl/N-ethyl adjacent to an activating group) is 1. The van der Waals surface area contributed by atoms with Gasteiger partial charge in [-0.15, -0.1) is 0 Å². The Morgan fingerprint density at radius 2 is 2.05 bits per heavy atom. The van der Waals surface area contributed by atoms with Crippen molar-refractivity contribution in [2.75, 3.05) is 14.2 Å². The number of benzene rings is 1. The zero-order chi connectivity index (χ0) is 14.1. The van der Waals surface area contributed by atoms with Crippen LogP contribution in [-0.2, 0) is 6.42 Å². The molecule has 0 saturated heterocycles. The van der Waals surface area contributed by atoms with E-state index >= 15 is 0 Å². The molecule has 0 amide bonds. The first-order valence-electron chi connectivity index (χ1n) is 7.21. The zero-order valence-electron chi connectivity index (χ0n) is 12.3. The molecule has 0 spiro atoms. The fourth-order valence-corrected chi connectivity index (χ4v) is 2.29. The molecule has 2 nitrogen and oxygen atoms in total. The number of nitrogens with one attached hydrogen (secondary N) is 1. The molecule has 0 heterocycles. The lowest BCUT2D eigenvalue weighted by atomic mass is 10.00. The SMILES string of the molecule is CCCCCCC(Cc1ccc(OC)c(F)c1)NC. The number of methoxy groups -OCH3 is 1. The largest absolute Gasteiger partial charge is 0.494 e. The minimum Gasteiger partial charge on any atom is -0.494 e. The van der Waals surface area contributed by atoms with Gasteiger partial charge in [0.2, 0.25) is 0 Å². The monoisotopic (exact) mass is 267 g/mol. The first kappa shape index (κ1) is 16.0. The third-order valence-corrected chi connectivity index (χ3v) is 3.51. The zero-order valence-corrected chi connectivity index (χ0v) is 12.3. The molecule has 0 saturated carbocycles. The van der Waals surface area contributed by atoms with Crippen molar-refractivity contribution in [3.63, 3.8) is 0 Å². The van der Waals surface area contributed by atoms with Gasteiger partial charge in [-0.1, -0.05) is 38.7 Å². The number of unbranched alkanes of at least 4 members (excludes halogenated alkanes) is 3. The van der Waals surface area contributed by atoms with Crippen molar-refractivity contribution in [3.8, 4) is 5.75 Å². The maximum atomic E-state index is 13.6. The molecule has 108 valence electrons. The van der Waals surface area contributed by atoms with Crippen molar-refractivity contribution in [3.05, 3.63) is 29.6 Å². The molecule has 0 aliphatic rings. The van der Waals surface area contributed by atoms with Crippen molar-refractivity contribution in [1.82, 2.24) is 5.32 Å². The maximum Gasteiger partial charge on any atom is 0.165 e. The highest BCUT2D eigenvalue weighted by Gasteiger charge is 2.09. The lowest BCUT2D eigenvalue weighted by Gasteiger charge is -2.16. The van der Waals surface area contributed by atoms with Gasteiger partial charge in [-0.25, -0.2) is 4.39 Å². The number of halogens is 1. The third-order valence-electron chi connectivity index (χ3n) is 3.51. The van der Waals surface area contributed by atoms with Crippen LogP contribution in [0.3, 0.4) is 0 Å². The molecule has 1 aromatic rings. The van der Waals surface area contributed by atoms with Crippen molar-refractivity contribution in [1.29, 1.82) is 0 Å². The Bertz CT molecular complexity index is 368. The number of rotatable bonds is 9. The van der Waals surface area contributed by atoms with Gasteiger partial charge in [0.25, 0.3) is 0 Å². The summed E-state index contributed by atoms with van der Waals surface area (Å²) in [6, 6.07) is 5.65. The summed E-state index contributed by atoms with van der Waals surface area (Å²) in [6.45, 7) is 2.22. The summed E-state index contributed by atoms with van der Waals surface area (Å²) in [5, 5.41) is 3.32. The molecule has 0 aliphatic carbocycles. The van der Waals surface area contributed by atoms with E-state index in [1.807, 2.05) is 13.1 Å². The topological polar surface area (TPSA) is 21.3 Å². The molecule has 0 aliphatic heterocycles. The molecular formula is C16H26FNO. The Labute approximate surface area is 116 Å². The van der Waals surface area contributed by atoms with Gasteiger partial charge in [0, 0.05) is 6.04 Å². The van der Waals surface area contributed by atoms with Crippen LogP contribution in [-0.4, -0.2) is 20.2 Å². The van der Waals surface area contributed by atoms with Crippen molar-refractivity contribution >= 4 is 0 Å². The standard InChI is InChI=1S/C16H26FNO/c1-4-5-6-7-8-14(18-2)11-13-9-10-16(19-3)15(17)12-13/h9-10,12,14,18H,4-8,11H2,1-3H3. The van der Waals surface area contributed by atoms with Gasteiger partial charge < -0.3 is 10.1 Å². The van der Waals surface area contributed by atoms with E-state index in [2.05, 4.69) is 12.2 Å². The molecule has 1 rings (SSSR count). The second kappa shape index (κ2) is 8.92. The first-order chi connectivity index (χ1) is 9.21. The second-order valence-electron chi connectivity index (χ2n) is 5.01. The van der Waals surface area contributed by atoms with Gasteiger partial charge >= 0.3 is 0 Å². The van der Waals surface area contributed by atoms with E-state index in [1.165, 1.54) is 32.8 Å². The molecule has 0 fully saturated rings. The number of hydrogen-bond donors (Lipinski definition) is 1. The van der Waals surface area contributed by atoms with E-state index in [1.54, 1.807) is 12.1 Å². The molecule has 1 unspecified atom stereocenters. The average Bonchev–Trinajstić information content (AvgIpc) is 2.42. The van der Waals surface area contributed by atoms with Gasteiger partial charge in [0.05, 0.1) is 7.11 Å². The predicted molar refractivity (Wildman–Crippen MR) is 78.3 cm³/mol. The van der Waals surface area contributed by atoms with Crippen LogP contribution in [0.1, 0.15) is 44.6 Å². The van der Waals surface area contributed by atoms with Gasteiger partial charge in [-0.3, -0.25) is 0 Å². The highest BCUT2D eigenvalue weighted by atomic mass is 19.1. The fourth-order valence-electron chi connectivity index (χ4n) is 2.29. The first-order valence-corrected chi connectivity index (χ1v) is 7.21. The van der Waals surface area contributed by atoms with Crippen LogP contribution in [0.2, 0.25) is 0 Å². The lowest BCUT2D eigenvalue weighted by Crippen LogP contribution is -2.27. The highest BCUT2D eigenvalue weighted by molar-refractivity contribution is 5.29. The van der Waals surface area contributed by atoms with E-state index in [9.17, 15) is 4.39 Å². The quantitative estimate of drug-likeness (QED) is 0.684. The lowest BCUT2D eigenvalue weighted by molar-refractivity contribution is 0.385. The highest BCUT2D eigenvalue weighted by Crippen LogP contribution is 2.19. The Kier molecular flexibility index (Phi) is 7.49. The Morgan fingerprint density at radius 1 is 1.26 bits per heavy atom. The van der Waals surface area contributed by atoms with Crippen molar-refractivity contribution < 1.29 is 9.13 Å². The van der Waals surface area contributed by atoms with E-state index in [4.69, 9.17) is 4.74 Å². The summed E-state index contributed by atoms with van der Waals surface area (Å²) >= 11 is 0. The van der Waals surface area contributed by atoms with Crippen LogP contribution in [0.5, 0.6) is 5.75 Å². The summed E-state index contributed by atoms with van der Waals surface area (Å²) < 4.78 is 18.5. The Hall–Kier alpha value is -1.09. The van der Waals surface area contributed by atoms with Crippen LogP contribution < -0.4 is 10.1 Å². The summed E-state index contributed by atoms with van der Waals surface area (Å²) in [4.78, 5) is 0. The Morgan fingerprint density at radius 3 is 2.63 bits per heavy atom. The maximum absolute atomic E-state index is 13.6. The van der Waals surface area contributed by atoms with E-state index in [0.29, 0.717) is 11.8 Å². The molecule has 0 bridgehead atoms. The van der Waals surface area contributed by atoms with E-state index < -0.39 is 0 Å². The Balaban J connectivity index is 2.48. The van der Waals surface area contributed by atoms with E-state index in [0.717, 1.165) is 18.4 Å². The third kappa shape index (κ3) is 5.60. The molecule has 3 heteroatoms. The molecule has 1 atom stereocenters. The predicted octanol–water partition coefficient (Wildman–Crippen LogP) is 3.94. The van der Waals surface area contributed by atoms with Crippen LogP contribution >= 0.6 is 0 Å². The summed E-state index contributed by atoms with van der Waals surface area (Å²) in [7, 11) is 3.46. The fraction of sp³-hybridized carbons (Fsp3) is 0.625. The van der Waals surface area contributed by atoms with Crippen molar-refractivity contribution in [2.24, 2.45) is 0 Å². The normalized spacial score (nSPS) is 12.4. The number of hydrogen-bond acceptors (Lipinski definition) is 2. The molecule has 0 radical (unpaired) electrons. The minimum absolute atomic E-state index is 0.277. The van der Waals surface area contributed by atoms with E-state index in [-0.39, 0.29) is 5.82 Å². The smallest absolute Gasteiger partial charge is 0.165 e. The van der Waals surface area contributed by atoms with Gasteiger partial charge in [-0.05, 0) is 37.6 Å². The molecule has 1 aromatic carbocycles. The summed E-state index contributed by atoms with van der Waals surface area (Å²) in [5.41, 5.74) is 1.02. The molecule has 1 N–H and O–H groups in total. The van der Waals surface area contributed by atoms with Gasteiger partial charge in [-0.2, -0.15) is 0 Å². The summed E-state index contributed by atoms with van der Waals surface area (Å²) in [6.07, 6.45) is 7.08. The average molecular weight is 267 g/mol. The van der Waals surface area contributed by atoms with Crippen LogP contribution in [0.4, 0.5) is 4.39 Å². The van der Waals surface area contributed by atoms with Crippen molar-refractivity contribution in [2.45, 2.75) is 51.5 Å². The molecule has 19 heavy (non-hydrogen) atoms. The number of ether oxygens (including phenoxy) is 1. The minimum atomic E-state index is -0.277. The van der Waals surface area contributed by atoms with Crippen LogP contribution in [0, 0.1) is 5.82 Å². The molecular weight excluding hydrogens is 241 g/mol. The summed E-state index contributed by atoms with van der Waals surface area (Å²) in [5.74, 6) is 0.0357.